The van der Waals surface area contributed by atoms with Crippen molar-refractivity contribution in [2.24, 2.45) is 5.73 Å². The van der Waals surface area contributed by atoms with E-state index >= 15 is 0 Å². The summed E-state index contributed by atoms with van der Waals surface area (Å²) < 4.78 is 8.52. The van der Waals surface area contributed by atoms with Gasteiger partial charge in [-0.2, -0.15) is 0 Å². The van der Waals surface area contributed by atoms with Crippen LogP contribution >= 0.6 is 15.9 Å². The Morgan fingerprint density at radius 1 is 1.31 bits per heavy atom. The lowest BCUT2D eigenvalue weighted by Crippen LogP contribution is -2.32. The van der Waals surface area contributed by atoms with Crippen molar-refractivity contribution in [1.29, 1.82) is 0 Å². The Morgan fingerprint density at radius 2 is 2.14 bits per heavy atom. The highest BCUT2D eigenvalue weighted by Crippen LogP contribution is 2.26. The van der Waals surface area contributed by atoms with Crippen LogP contribution in [0.3, 0.4) is 0 Å². The third-order valence-electron chi connectivity index (χ3n) is 4.47. The molecule has 0 spiro atoms. The molecule has 2 aromatic carbocycles. The number of hydrogen-bond donors (Lipinski definition) is 3. The van der Waals surface area contributed by atoms with Crippen LogP contribution in [0.2, 0.25) is 0 Å². The molecule has 0 radical (unpaired) electrons. The Balaban J connectivity index is 1.35. The van der Waals surface area contributed by atoms with Crippen LogP contribution in [0.4, 0.5) is 0 Å². The Labute approximate surface area is 178 Å². The van der Waals surface area contributed by atoms with E-state index in [2.05, 4.69) is 36.9 Å². The lowest BCUT2D eigenvalue weighted by atomic mass is 10.1. The van der Waals surface area contributed by atoms with E-state index in [9.17, 15) is 9.90 Å². The van der Waals surface area contributed by atoms with Crippen LogP contribution in [0.5, 0.6) is 5.75 Å². The first-order chi connectivity index (χ1) is 14.0. The second-order valence-electron chi connectivity index (χ2n) is 6.86. The fourth-order valence-corrected chi connectivity index (χ4v) is 3.59. The Hall–Kier alpha value is -2.42. The summed E-state index contributed by atoms with van der Waals surface area (Å²) in [4.78, 5) is 15.4. The number of nitrogens with zero attached hydrogens (tertiary/aromatic N) is 2. The molecular weight excluding hydrogens is 436 g/mol. The maximum Gasteiger partial charge on any atom is 0.221 e. The van der Waals surface area contributed by atoms with E-state index in [1.54, 1.807) is 18.2 Å². The summed E-state index contributed by atoms with van der Waals surface area (Å²) in [6, 6.07) is 13.4. The number of para-hydroxylation sites is 2. The number of halogens is 1. The van der Waals surface area contributed by atoms with Gasteiger partial charge in [-0.25, -0.2) is 4.98 Å². The van der Waals surface area contributed by atoms with Crippen molar-refractivity contribution in [1.82, 2.24) is 14.9 Å². The molecule has 4 N–H and O–H groups in total. The summed E-state index contributed by atoms with van der Waals surface area (Å²) >= 11 is 3.41. The molecule has 1 aromatic heterocycles. The van der Waals surface area contributed by atoms with Crippen molar-refractivity contribution in [2.75, 3.05) is 19.7 Å². The van der Waals surface area contributed by atoms with E-state index in [0.717, 1.165) is 40.6 Å². The van der Waals surface area contributed by atoms with Crippen molar-refractivity contribution < 1.29 is 14.6 Å². The molecule has 3 rings (SSSR count). The fraction of sp³-hybridized carbons (Fsp3) is 0.333. The monoisotopic (exact) mass is 460 g/mol. The second-order valence-corrected chi connectivity index (χ2v) is 7.71. The zero-order chi connectivity index (χ0) is 20.6. The first-order valence-corrected chi connectivity index (χ1v) is 10.3. The van der Waals surface area contributed by atoms with E-state index in [4.69, 9.17) is 10.5 Å². The normalized spacial score (nSPS) is 12.2. The van der Waals surface area contributed by atoms with Gasteiger partial charge in [0, 0.05) is 13.1 Å². The summed E-state index contributed by atoms with van der Waals surface area (Å²) in [5.74, 6) is 0.234. The van der Waals surface area contributed by atoms with Gasteiger partial charge < -0.3 is 25.5 Å². The number of carbonyl (C=O) groups excluding carboxylic acids is 1. The Morgan fingerprint density at radius 3 is 2.93 bits per heavy atom. The number of ether oxygens (including phenoxy) is 1. The number of imidazole rings is 1. The highest BCUT2D eigenvalue weighted by molar-refractivity contribution is 9.10. The van der Waals surface area contributed by atoms with Gasteiger partial charge in [-0.15, -0.1) is 0 Å². The average Bonchev–Trinajstić information content (AvgIpc) is 3.10. The maximum atomic E-state index is 11.0. The number of aliphatic hydroxyl groups is 1. The lowest BCUT2D eigenvalue weighted by molar-refractivity contribution is -0.117. The Kier molecular flexibility index (Phi) is 7.62. The quantitative estimate of drug-likeness (QED) is 0.380. The second kappa shape index (κ2) is 10.4. The Bertz CT molecular complexity index is 960. The van der Waals surface area contributed by atoms with E-state index in [1.165, 1.54) is 0 Å². The van der Waals surface area contributed by atoms with Crippen LogP contribution < -0.4 is 15.8 Å². The predicted molar refractivity (Wildman–Crippen MR) is 116 cm³/mol. The molecule has 1 heterocycles. The SMILES string of the molecule is NC(=O)Cc1ccc(OCC(O)CNCCCn2cnc3ccccc32)c(Br)c1. The van der Waals surface area contributed by atoms with Crippen LogP contribution in [-0.2, 0) is 17.8 Å². The highest BCUT2D eigenvalue weighted by atomic mass is 79.9. The van der Waals surface area contributed by atoms with Gasteiger partial charge in [-0.3, -0.25) is 4.79 Å². The molecule has 154 valence electrons. The number of nitrogens with two attached hydrogens (primary N) is 1. The number of hydrogen-bond acceptors (Lipinski definition) is 5. The zero-order valence-electron chi connectivity index (χ0n) is 16.1. The van der Waals surface area contributed by atoms with E-state index in [0.29, 0.717) is 12.3 Å². The number of benzene rings is 2. The third-order valence-corrected chi connectivity index (χ3v) is 5.09. The molecule has 7 nitrogen and oxygen atoms in total. The minimum atomic E-state index is -0.624. The molecule has 1 amide bonds. The van der Waals surface area contributed by atoms with Gasteiger partial charge in [0.15, 0.2) is 0 Å². The molecule has 0 saturated heterocycles. The van der Waals surface area contributed by atoms with Crippen molar-refractivity contribution in [2.45, 2.75) is 25.5 Å². The molecule has 8 heteroatoms. The predicted octanol–water partition coefficient (Wildman–Crippen LogP) is 2.25. The zero-order valence-corrected chi connectivity index (χ0v) is 17.6. The molecule has 0 aliphatic carbocycles. The first kappa shape index (κ1) is 21.3. The maximum absolute atomic E-state index is 11.0. The summed E-state index contributed by atoms with van der Waals surface area (Å²) in [7, 11) is 0. The molecule has 0 aliphatic heterocycles. The van der Waals surface area contributed by atoms with Gasteiger partial charge >= 0.3 is 0 Å². The van der Waals surface area contributed by atoms with Gasteiger partial charge in [0.2, 0.25) is 5.91 Å². The number of primary amides is 1. The molecular formula is C21H25BrN4O3. The fourth-order valence-electron chi connectivity index (χ4n) is 3.05. The van der Waals surface area contributed by atoms with Crippen LogP contribution in [-0.4, -0.2) is 46.4 Å². The van der Waals surface area contributed by atoms with Crippen molar-refractivity contribution in [3.05, 3.63) is 58.8 Å². The lowest BCUT2D eigenvalue weighted by Gasteiger charge is -2.15. The molecule has 29 heavy (non-hydrogen) atoms. The van der Waals surface area contributed by atoms with Gasteiger partial charge in [0.05, 0.1) is 28.3 Å². The number of aliphatic hydroxyl groups excluding tert-OH is 1. The third kappa shape index (κ3) is 6.28. The number of carbonyl (C=O) groups is 1. The molecule has 1 unspecified atom stereocenters. The minimum absolute atomic E-state index is 0.174. The molecule has 0 aliphatic rings. The standard InChI is InChI=1S/C21H25BrN4O3/c22-17-10-15(11-21(23)28)6-7-20(17)29-13-16(27)12-24-8-3-9-26-14-25-18-4-1-2-5-19(18)26/h1-2,4-7,10,14,16,24,27H,3,8-9,11-13H2,(H2,23,28). The molecule has 0 saturated carbocycles. The first-order valence-electron chi connectivity index (χ1n) is 9.51. The number of nitrogens with one attached hydrogen (secondary N) is 1. The summed E-state index contributed by atoms with van der Waals surface area (Å²) in [6.07, 6.45) is 2.35. The molecule has 1 atom stereocenters. The van der Waals surface area contributed by atoms with Crippen molar-refractivity contribution in [3.8, 4) is 5.75 Å². The minimum Gasteiger partial charge on any atom is -0.490 e. The van der Waals surface area contributed by atoms with Gasteiger partial charge in [-0.1, -0.05) is 18.2 Å². The van der Waals surface area contributed by atoms with Crippen molar-refractivity contribution in [3.63, 3.8) is 0 Å². The smallest absolute Gasteiger partial charge is 0.221 e. The topological polar surface area (TPSA) is 102 Å². The summed E-state index contributed by atoms with van der Waals surface area (Å²) in [5.41, 5.74) is 8.15. The number of fused-ring (bicyclic) bond motifs is 1. The van der Waals surface area contributed by atoms with Gasteiger partial charge in [0.25, 0.3) is 0 Å². The largest absolute Gasteiger partial charge is 0.490 e. The summed E-state index contributed by atoms with van der Waals surface area (Å²) in [5, 5.41) is 13.4. The number of amides is 1. The van der Waals surface area contributed by atoms with Crippen LogP contribution in [0.15, 0.2) is 53.3 Å². The highest BCUT2D eigenvalue weighted by Gasteiger charge is 2.09. The van der Waals surface area contributed by atoms with Crippen molar-refractivity contribution >= 4 is 32.9 Å². The molecule has 0 bridgehead atoms. The van der Waals surface area contributed by atoms with Gasteiger partial charge in [-0.05, 0) is 58.7 Å². The van der Waals surface area contributed by atoms with Crippen LogP contribution in [0, 0.1) is 0 Å². The van der Waals surface area contributed by atoms with E-state index < -0.39 is 6.10 Å². The number of aromatic nitrogens is 2. The summed E-state index contributed by atoms with van der Waals surface area (Å²) in [6.45, 7) is 2.27. The molecule has 0 fully saturated rings. The van der Waals surface area contributed by atoms with E-state index in [-0.39, 0.29) is 18.9 Å². The van der Waals surface area contributed by atoms with Crippen LogP contribution in [0.1, 0.15) is 12.0 Å². The van der Waals surface area contributed by atoms with E-state index in [1.807, 2.05) is 24.5 Å². The van der Waals surface area contributed by atoms with Gasteiger partial charge in [0.1, 0.15) is 18.5 Å². The van der Waals surface area contributed by atoms with Crippen LogP contribution in [0.25, 0.3) is 11.0 Å². The number of rotatable bonds is 11. The average molecular weight is 461 g/mol. The molecule has 3 aromatic rings. The number of aryl methyl sites for hydroxylation is 1.